The zero-order valence-electron chi connectivity index (χ0n) is 7.73. The van der Waals surface area contributed by atoms with Gasteiger partial charge in [-0.3, -0.25) is 0 Å². The monoisotopic (exact) mass is 178 g/mol. The number of benzene rings is 1. The highest BCUT2D eigenvalue weighted by atomic mass is 16.5. The minimum Gasteiger partial charge on any atom is -0.485 e. The first-order valence-corrected chi connectivity index (χ1v) is 4.48. The maximum atomic E-state index is 5.68. The molecule has 0 saturated heterocycles. The zero-order valence-corrected chi connectivity index (χ0v) is 7.73. The van der Waals surface area contributed by atoms with Crippen molar-refractivity contribution in [2.45, 2.75) is 6.10 Å². The van der Waals surface area contributed by atoms with Gasteiger partial charge in [-0.05, 0) is 12.1 Å². The Morgan fingerprint density at radius 3 is 3.08 bits per heavy atom. The van der Waals surface area contributed by atoms with E-state index in [9.17, 15) is 0 Å². The van der Waals surface area contributed by atoms with Crippen molar-refractivity contribution < 1.29 is 4.74 Å². The summed E-state index contributed by atoms with van der Waals surface area (Å²) in [6, 6.07) is 8.03. The molecule has 13 heavy (non-hydrogen) atoms. The van der Waals surface area contributed by atoms with Crippen LogP contribution in [0.2, 0.25) is 0 Å². The highest BCUT2D eigenvalue weighted by Gasteiger charge is 2.21. The molecular formula is C10H14N2O. The van der Waals surface area contributed by atoms with Gasteiger partial charge in [0.15, 0.2) is 0 Å². The summed E-state index contributed by atoms with van der Waals surface area (Å²) in [5, 5.41) is 0. The molecule has 1 aliphatic rings. The van der Waals surface area contributed by atoms with Crippen LogP contribution in [0.15, 0.2) is 24.3 Å². The first-order chi connectivity index (χ1) is 6.31. The van der Waals surface area contributed by atoms with Crippen molar-refractivity contribution in [1.82, 2.24) is 0 Å². The number of likely N-dealkylation sites (N-methyl/N-ethyl adjacent to an activating group) is 1. The van der Waals surface area contributed by atoms with Crippen molar-refractivity contribution in [2.75, 3.05) is 25.0 Å². The Morgan fingerprint density at radius 1 is 1.54 bits per heavy atom. The van der Waals surface area contributed by atoms with Crippen molar-refractivity contribution in [2.24, 2.45) is 5.73 Å². The molecule has 1 aliphatic heterocycles. The third kappa shape index (κ3) is 1.47. The van der Waals surface area contributed by atoms with Gasteiger partial charge < -0.3 is 15.4 Å². The zero-order chi connectivity index (χ0) is 9.26. The average molecular weight is 178 g/mol. The predicted molar refractivity (Wildman–Crippen MR) is 53.2 cm³/mol. The molecule has 1 aromatic carbocycles. The quantitative estimate of drug-likeness (QED) is 0.692. The van der Waals surface area contributed by atoms with Crippen molar-refractivity contribution >= 4 is 5.69 Å². The Bertz CT molecular complexity index is 301. The van der Waals surface area contributed by atoms with E-state index in [2.05, 4.69) is 18.0 Å². The van der Waals surface area contributed by atoms with Gasteiger partial charge in [0.05, 0.1) is 12.2 Å². The molecule has 0 saturated carbocycles. The van der Waals surface area contributed by atoms with Crippen LogP contribution in [0.25, 0.3) is 0 Å². The van der Waals surface area contributed by atoms with Gasteiger partial charge in [0.1, 0.15) is 11.9 Å². The van der Waals surface area contributed by atoms with E-state index < -0.39 is 0 Å². The molecule has 0 unspecified atom stereocenters. The summed E-state index contributed by atoms with van der Waals surface area (Å²) >= 11 is 0. The van der Waals surface area contributed by atoms with Gasteiger partial charge in [0.2, 0.25) is 0 Å². The van der Waals surface area contributed by atoms with Gasteiger partial charge in [0, 0.05) is 13.6 Å². The van der Waals surface area contributed by atoms with E-state index in [1.807, 2.05) is 18.2 Å². The number of nitrogens with zero attached hydrogens (tertiary/aromatic N) is 1. The Labute approximate surface area is 78.1 Å². The van der Waals surface area contributed by atoms with Gasteiger partial charge in [0.25, 0.3) is 0 Å². The van der Waals surface area contributed by atoms with Crippen LogP contribution in [0.4, 0.5) is 5.69 Å². The number of para-hydroxylation sites is 2. The molecule has 70 valence electrons. The number of fused-ring (bicyclic) bond motifs is 1. The van der Waals surface area contributed by atoms with Crippen LogP contribution in [0, 0.1) is 0 Å². The van der Waals surface area contributed by atoms with Gasteiger partial charge in [-0.15, -0.1) is 0 Å². The van der Waals surface area contributed by atoms with E-state index in [1.165, 1.54) is 0 Å². The van der Waals surface area contributed by atoms with Gasteiger partial charge in [-0.25, -0.2) is 0 Å². The van der Waals surface area contributed by atoms with Crippen LogP contribution >= 0.6 is 0 Å². The van der Waals surface area contributed by atoms with E-state index >= 15 is 0 Å². The Hall–Kier alpha value is -1.22. The third-order valence-corrected chi connectivity index (χ3v) is 2.31. The molecule has 2 N–H and O–H groups in total. The Kier molecular flexibility index (Phi) is 2.10. The highest BCUT2D eigenvalue weighted by Crippen LogP contribution is 2.31. The maximum absolute atomic E-state index is 5.68. The number of nitrogens with two attached hydrogens (primary N) is 1. The molecule has 0 aromatic heterocycles. The minimum atomic E-state index is 0.125. The molecule has 3 nitrogen and oxygen atoms in total. The fourth-order valence-corrected chi connectivity index (χ4v) is 1.62. The van der Waals surface area contributed by atoms with E-state index in [0.717, 1.165) is 18.0 Å². The van der Waals surface area contributed by atoms with Crippen LogP contribution in [0.1, 0.15) is 0 Å². The summed E-state index contributed by atoms with van der Waals surface area (Å²) in [7, 11) is 2.06. The molecule has 0 amide bonds. The summed E-state index contributed by atoms with van der Waals surface area (Å²) in [6.45, 7) is 1.44. The summed E-state index contributed by atoms with van der Waals surface area (Å²) < 4.78 is 5.68. The predicted octanol–water partition coefficient (Wildman–Crippen LogP) is 0.842. The fourth-order valence-electron chi connectivity index (χ4n) is 1.62. The number of hydrogen-bond donors (Lipinski definition) is 1. The lowest BCUT2D eigenvalue weighted by Gasteiger charge is -2.33. The van der Waals surface area contributed by atoms with E-state index in [0.29, 0.717) is 6.54 Å². The number of rotatable bonds is 1. The maximum Gasteiger partial charge on any atom is 0.143 e. The second-order valence-electron chi connectivity index (χ2n) is 3.32. The largest absolute Gasteiger partial charge is 0.485 e. The Balaban J connectivity index is 2.31. The summed E-state index contributed by atoms with van der Waals surface area (Å²) in [4.78, 5) is 2.18. The molecule has 1 heterocycles. The number of anilines is 1. The van der Waals surface area contributed by atoms with Gasteiger partial charge in [-0.2, -0.15) is 0 Å². The van der Waals surface area contributed by atoms with E-state index in [-0.39, 0.29) is 6.10 Å². The van der Waals surface area contributed by atoms with Crippen molar-refractivity contribution in [3.63, 3.8) is 0 Å². The molecule has 1 aromatic rings. The molecule has 2 rings (SSSR count). The number of hydrogen-bond acceptors (Lipinski definition) is 3. The minimum absolute atomic E-state index is 0.125. The molecular weight excluding hydrogens is 164 g/mol. The molecule has 0 aliphatic carbocycles. The van der Waals surface area contributed by atoms with E-state index in [1.54, 1.807) is 0 Å². The first-order valence-electron chi connectivity index (χ1n) is 4.48. The average Bonchev–Trinajstić information content (AvgIpc) is 2.18. The van der Waals surface area contributed by atoms with Crippen molar-refractivity contribution in [3.8, 4) is 5.75 Å². The lowest BCUT2D eigenvalue weighted by Crippen LogP contribution is -2.42. The first kappa shape index (κ1) is 8.38. The van der Waals surface area contributed by atoms with Crippen LogP contribution in [0.3, 0.4) is 0 Å². The summed E-state index contributed by atoms with van der Waals surface area (Å²) in [5.74, 6) is 0.937. The fraction of sp³-hybridized carbons (Fsp3) is 0.400. The smallest absolute Gasteiger partial charge is 0.143 e. The third-order valence-electron chi connectivity index (χ3n) is 2.31. The molecule has 3 heteroatoms. The highest BCUT2D eigenvalue weighted by molar-refractivity contribution is 5.59. The lowest BCUT2D eigenvalue weighted by molar-refractivity contribution is 0.204. The van der Waals surface area contributed by atoms with E-state index in [4.69, 9.17) is 10.5 Å². The van der Waals surface area contributed by atoms with Crippen molar-refractivity contribution in [1.29, 1.82) is 0 Å². The SMILES string of the molecule is CN1C[C@H](CN)Oc2ccccc21. The standard InChI is InChI=1S/C10H14N2O/c1-12-7-8(6-11)13-10-5-3-2-4-9(10)12/h2-5,8H,6-7,11H2,1H3/t8-/m0/s1. The van der Waals surface area contributed by atoms with Crippen LogP contribution in [-0.4, -0.2) is 26.2 Å². The molecule has 1 atom stereocenters. The van der Waals surface area contributed by atoms with Gasteiger partial charge >= 0.3 is 0 Å². The lowest BCUT2D eigenvalue weighted by atomic mass is 10.2. The van der Waals surface area contributed by atoms with Crippen LogP contribution < -0.4 is 15.4 Å². The Morgan fingerprint density at radius 2 is 2.31 bits per heavy atom. The van der Waals surface area contributed by atoms with Crippen molar-refractivity contribution in [3.05, 3.63) is 24.3 Å². The second-order valence-corrected chi connectivity index (χ2v) is 3.32. The molecule has 0 bridgehead atoms. The molecule has 0 fully saturated rings. The molecule has 0 spiro atoms. The second kappa shape index (κ2) is 3.26. The van der Waals surface area contributed by atoms with Crippen LogP contribution in [0.5, 0.6) is 5.75 Å². The summed E-state index contributed by atoms with van der Waals surface area (Å²) in [6.07, 6.45) is 0.125. The van der Waals surface area contributed by atoms with Gasteiger partial charge in [-0.1, -0.05) is 12.1 Å². The number of ether oxygens (including phenoxy) is 1. The topological polar surface area (TPSA) is 38.5 Å². The molecule has 0 radical (unpaired) electrons. The van der Waals surface area contributed by atoms with Crippen LogP contribution in [-0.2, 0) is 0 Å². The normalized spacial score (nSPS) is 20.8. The summed E-state index contributed by atoms with van der Waals surface area (Å²) in [5.41, 5.74) is 6.72.